The number of hydrogen-bond donors (Lipinski definition) is 0. The summed E-state index contributed by atoms with van der Waals surface area (Å²) in [5.41, 5.74) is 0. The van der Waals surface area contributed by atoms with Crippen LogP contribution < -0.4 is 0 Å². The van der Waals surface area contributed by atoms with Crippen molar-refractivity contribution in [3.05, 3.63) is 58.8 Å². The fourth-order valence-corrected chi connectivity index (χ4v) is 3.58. The van der Waals surface area contributed by atoms with E-state index in [1.165, 1.54) is 27.0 Å². The highest BCUT2D eigenvalue weighted by Gasteiger charge is 2.02. The van der Waals surface area contributed by atoms with Crippen molar-refractivity contribution in [1.82, 2.24) is 0 Å². The third-order valence-electron chi connectivity index (χ3n) is 2.67. The molecule has 0 saturated heterocycles. The molecule has 0 spiro atoms. The molecule has 0 amide bonds. The van der Waals surface area contributed by atoms with Crippen LogP contribution in [0.4, 0.5) is 0 Å². The van der Waals surface area contributed by atoms with E-state index in [0.29, 0.717) is 0 Å². The van der Waals surface area contributed by atoms with Crippen LogP contribution >= 0.6 is 23.1 Å². The maximum atomic E-state index is 10.6. The summed E-state index contributed by atoms with van der Waals surface area (Å²) >= 11 is 3.17. The van der Waals surface area contributed by atoms with E-state index in [-0.39, 0.29) is 0 Å². The second-order valence-electron chi connectivity index (χ2n) is 3.91. The number of carbonyl (C=O) groups excluding carboxylic acids is 1. The summed E-state index contributed by atoms with van der Waals surface area (Å²) in [4.78, 5) is 13.7. The van der Waals surface area contributed by atoms with Crippen molar-refractivity contribution in [2.45, 2.75) is 9.79 Å². The van der Waals surface area contributed by atoms with E-state index in [4.69, 9.17) is 0 Å². The maximum Gasteiger partial charge on any atom is 0.160 e. The molecule has 0 aliphatic rings. The van der Waals surface area contributed by atoms with Crippen LogP contribution in [0.15, 0.2) is 63.7 Å². The van der Waals surface area contributed by atoms with Crippen molar-refractivity contribution >= 4 is 40.2 Å². The average Bonchev–Trinajstić information content (AvgIpc) is 2.86. The lowest BCUT2D eigenvalue weighted by Gasteiger charge is -2.01. The first-order valence-electron chi connectivity index (χ1n) is 5.55. The highest BCUT2D eigenvalue weighted by molar-refractivity contribution is 7.99. The van der Waals surface area contributed by atoms with Gasteiger partial charge in [-0.2, -0.15) is 0 Å². The van der Waals surface area contributed by atoms with Gasteiger partial charge in [-0.05, 0) is 29.0 Å². The van der Waals surface area contributed by atoms with Crippen LogP contribution in [-0.2, 0) is 0 Å². The number of fused-ring (bicyclic) bond motifs is 1. The number of aldehydes is 1. The predicted octanol–water partition coefficient (Wildman–Crippen LogP) is 4.87. The Morgan fingerprint density at radius 2 is 1.78 bits per heavy atom. The lowest BCUT2D eigenvalue weighted by Crippen LogP contribution is -1.74. The van der Waals surface area contributed by atoms with E-state index in [1.807, 2.05) is 23.6 Å². The van der Waals surface area contributed by atoms with Gasteiger partial charge in [-0.15, -0.1) is 11.3 Å². The lowest BCUT2D eigenvalue weighted by atomic mass is 10.1. The highest BCUT2D eigenvalue weighted by Crippen LogP contribution is 2.32. The Bertz CT molecular complexity index is 700. The molecule has 3 heteroatoms. The van der Waals surface area contributed by atoms with Crippen LogP contribution in [0, 0.1) is 0 Å². The molecule has 1 aromatic heterocycles. The molecule has 0 aliphatic carbocycles. The van der Waals surface area contributed by atoms with E-state index < -0.39 is 0 Å². The standard InChI is InChI=1S/C15H10OS2/c16-9-14-8-15(10-17-14)18-13-6-5-11-3-1-2-4-12(11)7-13/h1-10H. The minimum absolute atomic E-state index is 0.776. The summed E-state index contributed by atoms with van der Waals surface area (Å²) in [5.74, 6) is 0. The van der Waals surface area contributed by atoms with Gasteiger partial charge >= 0.3 is 0 Å². The molecule has 2 aromatic carbocycles. The van der Waals surface area contributed by atoms with Gasteiger partial charge in [0.2, 0.25) is 0 Å². The third kappa shape index (κ3) is 2.33. The Hall–Kier alpha value is -1.58. The molecular formula is C15H10OS2. The van der Waals surface area contributed by atoms with Gasteiger partial charge in [0.25, 0.3) is 0 Å². The van der Waals surface area contributed by atoms with Gasteiger partial charge in [-0.1, -0.05) is 42.1 Å². The molecular weight excluding hydrogens is 260 g/mol. The molecule has 0 N–H and O–H groups in total. The monoisotopic (exact) mass is 270 g/mol. The number of carbonyl (C=O) groups is 1. The van der Waals surface area contributed by atoms with Crippen molar-refractivity contribution in [2.24, 2.45) is 0 Å². The Balaban J connectivity index is 1.92. The molecule has 18 heavy (non-hydrogen) atoms. The van der Waals surface area contributed by atoms with Crippen molar-refractivity contribution in [3.8, 4) is 0 Å². The Morgan fingerprint density at radius 3 is 2.56 bits per heavy atom. The van der Waals surface area contributed by atoms with E-state index in [2.05, 4.69) is 30.3 Å². The van der Waals surface area contributed by atoms with Crippen molar-refractivity contribution in [3.63, 3.8) is 0 Å². The Labute approximate surface area is 113 Å². The molecule has 0 fully saturated rings. The molecule has 0 saturated carbocycles. The van der Waals surface area contributed by atoms with Gasteiger partial charge in [0, 0.05) is 15.2 Å². The molecule has 88 valence electrons. The summed E-state index contributed by atoms with van der Waals surface area (Å²) in [6.45, 7) is 0. The van der Waals surface area contributed by atoms with E-state index >= 15 is 0 Å². The molecule has 3 rings (SSSR count). The zero-order valence-electron chi connectivity index (χ0n) is 9.50. The summed E-state index contributed by atoms with van der Waals surface area (Å²) in [7, 11) is 0. The minimum atomic E-state index is 0.776. The van der Waals surface area contributed by atoms with Crippen LogP contribution in [0.3, 0.4) is 0 Å². The fourth-order valence-electron chi connectivity index (χ4n) is 1.82. The molecule has 0 aliphatic heterocycles. The van der Waals surface area contributed by atoms with Crippen molar-refractivity contribution < 1.29 is 4.79 Å². The summed E-state index contributed by atoms with van der Waals surface area (Å²) in [6, 6.07) is 16.7. The topological polar surface area (TPSA) is 17.1 Å². The molecule has 1 nitrogen and oxygen atoms in total. The first kappa shape index (κ1) is 11.5. The first-order valence-corrected chi connectivity index (χ1v) is 7.25. The largest absolute Gasteiger partial charge is 0.297 e. The average molecular weight is 270 g/mol. The van der Waals surface area contributed by atoms with E-state index in [0.717, 1.165) is 16.1 Å². The first-order chi connectivity index (χ1) is 8.85. The zero-order valence-corrected chi connectivity index (χ0v) is 11.1. The normalized spacial score (nSPS) is 10.7. The van der Waals surface area contributed by atoms with Gasteiger partial charge in [-0.25, -0.2) is 0 Å². The summed E-state index contributed by atoms with van der Waals surface area (Å²) in [6.07, 6.45) is 0.898. The number of rotatable bonds is 3. The third-order valence-corrected chi connectivity index (χ3v) is 4.64. The Kier molecular flexibility index (Phi) is 3.17. The molecule has 0 bridgehead atoms. The van der Waals surface area contributed by atoms with Crippen LogP contribution in [0.1, 0.15) is 9.67 Å². The molecule has 1 heterocycles. The van der Waals surface area contributed by atoms with Crippen LogP contribution in [-0.4, -0.2) is 6.29 Å². The van der Waals surface area contributed by atoms with E-state index in [1.54, 1.807) is 11.8 Å². The highest BCUT2D eigenvalue weighted by atomic mass is 32.2. The minimum Gasteiger partial charge on any atom is -0.297 e. The van der Waals surface area contributed by atoms with Gasteiger partial charge < -0.3 is 0 Å². The predicted molar refractivity (Wildman–Crippen MR) is 77.8 cm³/mol. The van der Waals surface area contributed by atoms with Gasteiger partial charge in [0.05, 0.1) is 4.88 Å². The molecule has 0 atom stereocenters. The molecule has 3 aromatic rings. The second kappa shape index (κ2) is 4.96. The quantitative estimate of drug-likeness (QED) is 0.632. The zero-order chi connectivity index (χ0) is 12.4. The SMILES string of the molecule is O=Cc1cc(Sc2ccc3ccccc3c2)cs1. The van der Waals surface area contributed by atoms with Gasteiger partial charge in [0.15, 0.2) is 6.29 Å². The number of benzene rings is 2. The summed E-state index contributed by atoms with van der Waals surface area (Å²) < 4.78 is 0. The van der Waals surface area contributed by atoms with Gasteiger partial charge in [0.1, 0.15) is 0 Å². The summed E-state index contributed by atoms with van der Waals surface area (Å²) in [5, 5.41) is 4.51. The van der Waals surface area contributed by atoms with Crippen molar-refractivity contribution in [1.29, 1.82) is 0 Å². The fraction of sp³-hybridized carbons (Fsp3) is 0. The number of hydrogen-bond acceptors (Lipinski definition) is 3. The van der Waals surface area contributed by atoms with Crippen LogP contribution in [0.5, 0.6) is 0 Å². The second-order valence-corrected chi connectivity index (χ2v) is 6.00. The number of thiophene rings is 1. The maximum absolute atomic E-state index is 10.6. The van der Waals surface area contributed by atoms with Gasteiger partial charge in [-0.3, -0.25) is 4.79 Å². The van der Waals surface area contributed by atoms with Crippen molar-refractivity contribution in [2.75, 3.05) is 0 Å². The lowest BCUT2D eigenvalue weighted by molar-refractivity contribution is 0.112. The smallest absolute Gasteiger partial charge is 0.160 e. The Morgan fingerprint density at radius 1 is 0.944 bits per heavy atom. The van der Waals surface area contributed by atoms with E-state index in [9.17, 15) is 4.79 Å². The molecule has 0 radical (unpaired) electrons. The molecule has 0 unspecified atom stereocenters. The van der Waals surface area contributed by atoms with Crippen LogP contribution in [0.25, 0.3) is 10.8 Å². The van der Waals surface area contributed by atoms with Crippen LogP contribution in [0.2, 0.25) is 0 Å².